The smallest absolute Gasteiger partial charge is 0.224 e. The predicted octanol–water partition coefficient (Wildman–Crippen LogP) is 3.96. The summed E-state index contributed by atoms with van der Waals surface area (Å²) < 4.78 is 13.8. The molecule has 1 aromatic carbocycles. The largest absolute Gasteiger partial charge is 0.353 e. The second-order valence-corrected chi connectivity index (χ2v) is 7.81. The molecule has 4 saturated carbocycles. The molecule has 4 aliphatic carbocycles. The van der Waals surface area contributed by atoms with E-state index in [1.807, 2.05) is 0 Å². The number of carbonyl (C=O) groups is 1. The Hall–Kier alpha value is -1.09. The van der Waals surface area contributed by atoms with E-state index in [-0.39, 0.29) is 12.3 Å². The number of nitrogens with one attached hydrogen (secondary N) is 1. The van der Waals surface area contributed by atoms with Gasteiger partial charge in [0.05, 0.1) is 6.42 Å². The molecule has 4 fully saturated rings. The quantitative estimate of drug-likeness (QED) is 0.897. The Morgan fingerprint density at radius 3 is 2.36 bits per heavy atom. The lowest BCUT2D eigenvalue weighted by atomic mass is 9.54. The highest BCUT2D eigenvalue weighted by atomic mass is 35.5. The zero-order valence-electron chi connectivity index (χ0n) is 12.5. The summed E-state index contributed by atoms with van der Waals surface area (Å²) in [6, 6.07) is 4.86. The second kappa shape index (κ2) is 5.52. The Morgan fingerprint density at radius 2 is 1.77 bits per heavy atom. The van der Waals surface area contributed by atoms with Crippen molar-refractivity contribution in [3.8, 4) is 0 Å². The summed E-state index contributed by atoms with van der Waals surface area (Å²) in [5, 5.41) is 3.53. The molecule has 0 aliphatic heterocycles. The van der Waals surface area contributed by atoms with Gasteiger partial charge in [-0.2, -0.15) is 0 Å². The van der Waals surface area contributed by atoms with Gasteiger partial charge >= 0.3 is 0 Å². The van der Waals surface area contributed by atoms with Gasteiger partial charge in [0.2, 0.25) is 5.91 Å². The summed E-state index contributed by atoms with van der Waals surface area (Å²) in [6.07, 6.45) is 6.49. The van der Waals surface area contributed by atoms with Crippen molar-refractivity contribution < 1.29 is 9.18 Å². The van der Waals surface area contributed by atoms with Crippen LogP contribution >= 0.6 is 11.6 Å². The molecule has 2 nitrogen and oxygen atoms in total. The third-order valence-electron chi connectivity index (χ3n) is 5.95. The van der Waals surface area contributed by atoms with E-state index in [2.05, 4.69) is 5.32 Å². The SMILES string of the molecule is O=C(Cc1c(F)cccc1Cl)NC1C2CC3CC(C2)CC1C3. The van der Waals surface area contributed by atoms with Crippen LogP contribution in [0.15, 0.2) is 18.2 Å². The fourth-order valence-electron chi connectivity index (χ4n) is 5.26. The Bertz CT molecular complexity index is 554. The molecule has 1 aromatic rings. The summed E-state index contributed by atoms with van der Waals surface area (Å²) >= 11 is 6.02. The van der Waals surface area contributed by atoms with E-state index in [9.17, 15) is 9.18 Å². The summed E-state index contributed by atoms with van der Waals surface area (Å²) in [6.45, 7) is 0. The van der Waals surface area contributed by atoms with E-state index in [4.69, 9.17) is 11.6 Å². The van der Waals surface area contributed by atoms with Gasteiger partial charge in [-0.25, -0.2) is 4.39 Å². The lowest BCUT2D eigenvalue weighted by Crippen LogP contribution is -2.56. The Balaban J connectivity index is 1.44. The van der Waals surface area contributed by atoms with Crippen LogP contribution in [0.25, 0.3) is 0 Å². The fourth-order valence-corrected chi connectivity index (χ4v) is 5.49. The first kappa shape index (κ1) is 14.5. The third-order valence-corrected chi connectivity index (χ3v) is 6.31. The Kier molecular flexibility index (Phi) is 3.64. The Morgan fingerprint density at radius 1 is 1.14 bits per heavy atom. The molecule has 1 amide bonds. The topological polar surface area (TPSA) is 29.1 Å². The maximum absolute atomic E-state index is 13.8. The number of carbonyl (C=O) groups excluding carboxylic acids is 1. The minimum Gasteiger partial charge on any atom is -0.353 e. The number of hydrogen-bond acceptors (Lipinski definition) is 1. The number of amides is 1. The van der Waals surface area contributed by atoms with Crippen LogP contribution in [0.1, 0.15) is 37.7 Å². The lowest BCUT2D eigenvalue weighted by molar-refractivity contribution is -0.124. The molecule has 0 atom stereocenters. The maximum atomic E-state index is 13.8. The molecule has 0 radical (unpaired) electrons. The number of benzene rings is 1. The first-order chi connectivity index (χ1) is 10.6. The number of rotatable bonds is 3. The molecule has 0 unspecified atom stereocenters. The van der Waals surface area contributed by atoms with Gasteiger partial charge in [-0.1, -0.05) is 17.7 Å². The minimum absolute atomic E-state index is 0.0360. The van der Waals surface area contributed by atoms with Crippen molar-refractivity contribution in [3.63, 3.8) is 0 Å². The first-order valence-electron chi connectivity index (χ1n) is 8.32. The van der Waals surface area contributed by atoms with E-state index in [1.165, 1.54) is 38.2 Å². The monoisotopic (exact) mass is 321 g/mol. The molecule has 4 bridgehead atoms. The lowest BCUT2D eigenvalue weighted by Gasteiger charge is -2.54. The zero-order valence-corrected chi connectivity index (χ0v) is 13.3. The van der Waals surface area contributed by atoms with Gasteiger partial charge in [0, 0.05) is 16.6 Å². The average molecular weight is 322 g/mol. The summed E-state index contributed by atoms with van der Waals surface area (Å²) in [7, 11) is 0. The molecule has 0 spiro atoms. The molecule has 0 aromatic heterocycles. The van der Waals surface area contributed by atoms with Crippen molar-refractivity contribution in [3.05, 3.63) is 34.6 Å². The Labute approximate surface area is 135 Å². The van der Waals surface area contributed by atoms with Gasteiger partial charge in [0.15, 0.2) is 0 Å². The normalized spacial score (nSPS) is 35.6. The summed E-state index contributed by atoms with van der Waals surface area (Å²) in [4.78, 5) is 12.4. The van der Waals surface area contributed by atoms with E-state index < -0.39 is 5.82 Å². The summed E-state index contributed by atoms with van der Waals surface area (Å²) in [5.74, 6) is 2.55. The van der Waals surface area contributed by atoms with Crippen molar-refractivity contribution in [1.29, 1.82) is 0 Å². The van der Waals surface area contributed by atoms with Gasteiger partial charge < -0.3 is 5.32 Å². The van der Waals surface area contributed by atoms with E-state index in [1.54, 1.807) is 12.1 Å². The van der Waals surface area contributed by atoms with Gasteiger partial charge in [-0.3, -0.25) is 4.79 Å². The van der Waals surface area contributed by atoms with E-state index in [0.29, 0.717) is 28.5 Å². The predicted molar refractivity (Wildman–Crippen MR) is 84.1 cm³/mol. The van der Waals surface area contributed by atoms with Crippen LogP contribution < -0.4 is 5.32 Å². The highest BCUT2D eigenvalue weighted by Gasteiger charge is 2.48. The third kappa shape index (κ3) is 2.54. The highest BCUT2D eigenvalue weighted by molar-refractivity contribution is 6.31. The van der Waals surface area contributed by atoms with Gasteiger partial charge in [-0.15, -0.1) is 0 Å². The number of halogens is 2. The van der Waals surface area contributed by atoms with Crippen molar-refractivity contribution >= 4 is 17.5 Å². The van der Waals surface area contributed by atoms with Crippen molar-refractivity contribution in [2.75, 3.05) is 0 Å². The highest BCUT2D eigenvalue weighted by Crippen LogP contribution is 2.53. The van der Waals surface area contributed by atoms with Gasteiger partial charge in [0.25, 0.3) is 0 Å². The minimum atomic E-state index is -0.396. The molecule has 1 N–H and O–H groups in total. The molecule has 4 aliphatic rings. The zero-order chi connectivity index (χ0) is 15.3. The molecule has 4 heteroatoms. The van der Waals surface area contributed by atoms with Crippen molar-refractivity contribution in [2.45, 2.75) is 44.6 Å². The van der Waals surface area contributed by atoms with Crippen LogP contribution in [-0.4, -0.2) is 11.9 Å². The molecule has 0 saturated heterocycles. The second-order valence-electron chi connectivity index (χ2n) is 7.40. The van der Waals surface area contributed by atoms with Crippen LogP contribution in [0.2, 0.25) is 5.02 Å². The van der Waals surface area contributed by atoms with Gasteiger partial charge in [-0.05, 0) is 67.9 Å². The van der Waals surface area contributed by atoms with Crippen LogP contribution in [0.3, 0.4) is 0 Å². The molecule has 22 heavy (non-hydrogen) atoms. The van der Waals surface area contributed by atoms with E-state index >= 15 is 0 Å². The van der Waals surface area contributed by atoms with Crippen molar-refractivity contribution in [2.24, 2.45) is 23.7 Å². The van der Waals surface area contributed by atoms with Crippen LogP contribution in [-0.2, 0) is 11.2 Å². The van der Waals surface area contributed by atoms with E-state index in [0.717, 1.165) is 11.8 Å². The van der Waals surface area contributed by atoms with Crippen LogP contribution in [0.4, 0.5) is 4.39 Å². The summed E-state index contributed by atoms with van der Waals surface area (Å²) in [5.41, 5.74) is 0.311. The fraction of sp³-hybridized carbons (Fsp3) is 0.611. The molecule has 118 valence electrons. The number of hydrogen-bond donors (Lipinski definition) is 1. The van der Waals surface area contributed by atoms with Crippen molar-refractivity contribution in [1.82, 2.24) is 5.32 Å². The standard InChI is InChI=1S/C18H21ClFNO/c19-15-2-1-3-16(20)14(15)9-17(22)21-18-12-5-10-4-11(7-12)8-13(18)6-10/h1-3,10-13,18H,4-9H2,(H,21,22). The molecular formula is C18H21ClFNO. The molecular weight excluding hydrogens is 301 g/mol. The van der Waals surface area contributed by atoms with Crippen LogP contribution in [0.5, 0.6) is 0 Å². The molecule has 5 rings (SSSR count). The van der Waals surface area contributed by atoms with Gasteiger partial charge in [0.1, 0.15) is 5.82 Å². The maximum Gasteiger partial charge on any atom is 0.224 e. The molecule has 0 heterocycles. The first-order valence-corrected chi connectivity index (χ1v) is 8.70. The average Bonchev–Trinajstić information content (AvgIpc) is 2.46. The van der Waals surface area contributed by atoms with Crippen LogP contribution in [0, 0.1) is 29.5 Å².